The van der Waals surface area contributed by atoms with E-state index in [2.05, 4.69) is 21.3 Å². The summed E-state index contributed by atoms with van der Waals surface area (Å²) in [6, 6.07) is 15.7. The number of anilines is 1. The number of carbonyl (C=O) groups is 1. The molecule has 158 valence electrons. The predicted octanol–water partition coefficient (Wildman–Crippen LogP) is 3.23. The minimum Gasteiger partial charge on any atom is -0.493 e. The zero-order valence-corrected chi connectivity index (χ0v) is 17.4. The molecule has 2 aromatic carbocycles. The summed E-state index contributed by atoms with van der Waals surface area (Å²) in [4.78, 5) is 24.5. The molecule has 0 fully saturated rings. The molecule has 7 heteroatoms. The van der Waals surface area contributed by atoms with Crippen molar-refractivity contribution in [3.05, 3.63) is 65.4 Å². The lowest BCUT2D eigenvalue weighted by Crippen LogP contribution is -2.36. The van der Waals surface area contributed by atoms with Gasteiger partial charge in [0.05, 0.1) is 13.7 Å². The van der Waals surface area contributed by atoms with Crippen LogP contribution in [0.15, 0.2) is 48.5 Å². The maximum absolute atomic E-state index is 12.7. The van der Waals surface area contributed by atoms with Crippen molar-refractivity contribution in [1.82, 2.24) is 15.3 Å². The highest BCUT2D eigenvalue weighted by atomic mass is 16.5. The molecule has 0 spiro atoms. The number of carbonyl (C=O) groups excluding carboxylic acids is 1. The minimum atomic E-state index is -0.139. The van der Waals surface area contributed by atoms with E-state index in [0.717, 1.165) is 47.0 Å². The number of nitrogens with one attached hydrogen (secondary N) is 1. The fraction of sp³-hybridized carbons (Fsp3) is 0.292. The van der Waals surface area contributed by atoms with Gasteiger partial charge in [0.25, 0.3) is 5.91 Å². The summed E-state index contributed by atoms with van der Waals surface area (Å²) >= 11 is 0. The first kappa shape index (κ1) is 19.4. The number of ether oxygens (including phenoxy) is 2. The smallest absolute Gasteiger partial charge is 0.270 e. The van der Waals surface area contributed by atoms with Crippen LogP contribution < -0.4 is 19.7 Å². The van der Waals surface area contributed by atoms with Crippen LogP contribution in [-0.4, -0.2) is 42.7 Å². The third kappa shape index (κ3) is 3.67. The molecule has 1 N–H and O–H groups in total. The summed E-state index contributed by atoms with van der Waals surface area (Å²) in [7, 11) is 1.65. The van der Waals surface area contributed by atoms with Crippen molar-refractivity contribution in [1.29, 1.82) is 0 Å². The van der Waals surface area contributed by atoms with E-state index in [1.165, 1.54) is 0 Å². The molecule has 7 nitrogen and oxygen atoms in total. The largest absolute Gasteiger partial charge is 0.493 e. The average molecular weight is 416 g/mol. The summed E-state index contributed by atoms with van der Waals surface area (Å²) in [5.41, 5.74) is 3.31. The second-order valence-electron chi connectivity index (χ2n) is 7.64. The Morgan fingerprint density at radius 2 is 1.97 bits per heavy atom. The topological polar surface area (TPSA) is 76.6 Å². The Balaban J connectivity index is 1.63. The molecule has 3 heterocycles. The predicted molar refractivity (Wildman–Crippen MR) is 118 cm³/mol. The van der Waals surface area contributed by atoms with Gasteiger partial charge in [-0.2, -0.15) is 0 Å². The van der Waals surface area contributed by atoms with Gasteiger partial charge in [0.1, 0.15) is 11.5 Å². The first-order valence-corrected chi connectivity index (χ1v) is 10.5. The highest BCUT2D eigenvalue weighted by molar-refractivity contribution is 5.96. The summed E-state index contributed by atoms with van der Waals surface area (Å²) in [5.74, 6) is 2.76. The number of hydrogen-bond donors (Lipinski definition) is 1. The number of benzene rings is 2. The fourth-order valence-electron chi connectivity index (χ4n) is 4.16. The molecule has 0 saturated carbocycles. The Labute approximate surface area is 181 Å². The number of methoxy groups -OCH3 is 1. The van der Waals surface area contributed by atoms with Crippen molar-refractivity contribution in [2.45, 2.75) is 19.4 Å². The van der Waals surface area contributed by atoms with Crippen LogP contribution in [0.1, 0.15) is 28.0 Å². The third-order valence-corrected chi connectivity index (χ3v) is 5.65. The van der Waals surface area contributed by atoms with E-state index in [-0.39, 0.29) is 5.91 Å². The molecule has 0 unspecified atom stereocenters. The molecule has 2 aliphatic rings. The van der Waals surface area contributed by atoms with Gasteiger partial charge in [0.15, 0.2) is 17.3 Å². The molecule has 3 aromatic rings. The average Bonchev–Trinajstić information content (AvgIpc) is 2.79. The quantitative estimate of drug-likeness (QED) is 0.707. The summed E-state index contributed by atoms with van der Waals surface area (Å²) < 4.78 is 11.5. The van der Waals surface area contributed by atoms with Gasteiger partial charge in [0.2, 0.25) is 0 Å². The Bertz CT molecular complexity index is 1120. The zero-order chi connectivity index (χ0) is 21.2. The highest BCUT2D eigenvalue weighted by Gasteiger charge is 2.28. The van der Waals surface area contributed by atoms with Crippen molar-refractivity contribution in [3.63, 3.8) is 0 Å². The first-order chi connectivity index (χ1) is 15.2. The van der Waals surface area contributed by atoms with Crippen molar-refractivity contribution in [3.8, 4) is 22.9 Å². The van der Waals surface area contributed by atoms with Crippen LogP contribution in [0, 0.1) is 0 Å². The first-order valence-electron chi connectivity index (χ1n) is 10.5. The number of rotatable bonds is 3. The van der Waals surface area contributed by atoms with E-state index in [1.54, 1.807) is 7.11 Å². The molecule has 0 atom stereocenters. The van der Waals surface area contributed by atoms with Crippen molar-refractivity contribution < 1.29 is 14.3 Å². The SMILES string of the molecule is COc1cccc2c1OCCCN(c1nc(-c3ccccc3)nc3c1CCNC3=O)C2. The lowest BCUT2D eigenvalue weighted by Gasteiger charge is -2.31. The van der Waals surface area contributed by atoms with Gasteiger partial charge in [0, 0.05) is 36.3 Å². The Morgan fingerprint density at radius 1 is 1.10 bits per heavy atom. The lowest BCUT2D eigenvalue weighted by atomic mass is 10.0. The Kier molecular flexibility index (Phi) is 5.16. The van der Waals surface area contributed by atoms with Gasteiger partial charge in [-0.25, -0.2) is 9.97 Å². The van der Waals surface area contributed by atoms with Crippen molar-refractivity contribution in [2.24, 2.45) is 0 Å². The maximum Gasteiger partial charge on any atom is 0.270 e. The maximum atomic E-state index is 12.7. The van der Waals surface area contributed by atoms with E-state index >= 15 is 0 Å². The number of amides is 1. The number of para-hydroxylation sites is 1. The molecule has 1 amide bonds. The van der Waals surface area contributed by atoms with Crippen LogP contribution in [0.4, 0.5) is 5.82 Å². The Hall–Kier alpha value is -3.61. The molecular weight excluding hydrogens is 392 g/mol. The molecule has 31 heavy (non-hydrogen) atoms. The molecular formula is C24H24N4O3. The Morgan fingerprint density at radius 3 is 2.81 bits per heavy atom. The molecule has 0 aliphatic carbocycles. The second kappa shape index (κ2) is 8.26. The van der Waals surface area contributed by atoms with Crippen molar-refractivity contribution in [2.75, 3.05) is 31.7 Å². The highest BCUT2D eigenvalue weighted by Crippen LogP contribution is 2.35. The summed E-state index contributed by atoms with van der Waals surface area (Å²) in [6.45, 7) is 2.57. The van der Waals surface area contributed by atoms with Crippen LogP contribution in [0.3, 0.4) is 0 Å². The monoisotopic (exact) mass is 416 g/mol. The molecule has 0 saturated heterocycles. The molecule has 1 aromatic heterocycles. The lowest BCUT2D eigenvalue weighted by molar-refractivity contribution is 0.0940. The van der Waals surface area contributed by atoms with Gasteiger partial charge >= 0.3 is 0 Å². The standard InChI is InChI=1S/C24H24N4O3/c1-30-19-10-5-9-17-15-28(13-6-14-31-21(17)19)23-18-11-12-25-24(29)20(18)26-22(27-23)16-7-3-2-4-8-16/h2-5,7-10H,6,11-15H2,1H3,(H,25,29). The fourth-order valence-corrected chi connectivity index (χ4v) is 4.16. The number of hydrogen-bond acceptors (Lipinski definition) is 6. The van der Waals surface area contributed by atoms with Gasteiger partial charge in [-0.1, -0.05) is 42.5 Å². The van der Waals surface area contributed by atoms with Crippen molar-refractivity contribution >= 4 is 11.7 Å². The van der Waals surface area contributed by atoms with Crippen LogP contribution in [0.2, 0.25) is 0 Å². The molecule has 5 rings (SSSR count). The number of aromatic nitrogens is 2. The van der Waals surface area contributed by atoms with Gasteiger partial charge in [-0.05, 0) is 18.9 Å². The van der Waals surface area contributed by atoms with Gasteiger partial charge in [-0.15, -0.1) is 0 Å². The molecule has 0 bridgehead atoms. The van der Waals surface area contributed by atoms with Crippen LogP contribution in [0.25, 0.3) is 11.4 Å². The summed E-state index contributed by atoms with van der Waals surface area (Å²) in [5, 5.41) is 2.92. The molecule has 0 radical (unpaired) electrons. The number of fused-ring (bicyclic) bond motifs is 2. The van der Waals surface area contributed by atoms with E-state index in [9.17, 15) is 4.79 Å². The minimum absolute atomic E-state index is 0.139. The normalized spacial score (nSPS) is 15.6. The zero-order valence-electron chi connectivity index (χ0n) is 17.4. The molecule has 2 aliphatic heterocycles. The van der Waals surface area contributed by atoms with Gasteiger partial charge < -0.3 is 19.7 Å². The van der Waals surface area contributed by atoms with Crippen LogP contribution in [0.5, 0.6) is 11.5 Å². The van der Waals surface area contributed by atoms with E-state index in [0.29, 0.717) is 37.6 Å². The van der Waals surface area contributed by atoms with E-state index in [1.807, 2.05) is 42.5 Å². The van der Waals surface area contributed by atoms with E-state index in [4.69, 9.17) is 14.5 Å². The van der Waals surface area contributed by atoms with Crippen LogP contribution >= 0.6 is 0 Å². The second-order valence-corrected chi connectivity index (χ2v) is 7.64. The van der Waals surface area contributed by atoms with Crippen LogP contribution in [-0.2, 0) is 13.0 Å². The summed E-state index contributed by atoms with van der Waals surface area (Å²) in [6.07, 6.45) is 1.55. The third-order valence-electron chi connectivity index (χ3n) is 5.65. The van der Waals surface area contributed by atoms with E-state index < -0.39 is 0 Å². The van der Waals surface area contributed by atoms with Gasteiger partial charge in [-0.3, -0.25) is 4.79 Å². The number of nitrogens with zero attached hydrogens (tertiary/aromatic N) is 3.